The molecule has 102 valence electrons. The van der Waals surface area contributed by atoms with Crippen LogP contribution in [0.2, 0.25) is 0 Å². The van der Waals surface area contributed by atoms with E-state index >= 15 is 0 Å². The summed E-state index contributed by atoms with van der Waals surface area (Å²) in [5, 5.41) is 2.35. The van der Waals surface area contributed by atoms with Crippen molar-refractivity contribution in [3.05, 3.63) is 29.6 Å². The topological polar surface area (TPSA) is 21.3 Å². The van der Waals surface area contributed by atoms with E-state index in [2.05, 4.69) is 10.1 Å². The van der Waals surface area contributed by atoms with Crippen molar-refractivity contribution in [2.75, 3.05) is 13.7 Å². The SMILES string of the molecule is CCNC(C)(c1ccc(OC)c(F)c1)C(F)(F)F. The van der Waals surface area contributed by atoms with Gasteiger partial charge in [-0.1, -0.05) is 13.0 Å². The van der Waals surface area contributed by atoms with E-state index in [0.717, 1.165) is 13.0 Å². The second-order valence-corrected chi connectivity index (χ2v) is 4.00. The van der Waals surface area contributed by atoms with Gasteiger partial charge >= 0.3 is 6.18 Å². The lowest BCUT2D eigenvalue weighted by Gasteiger charge is -2.33. The Morgan fingerprint density at radius 3 is 2.28 bits per heavy atom. The van der Waals surface area contributed by atoms with Crippen LogP contribution in [-0.2, 0) is 5.54 Å². The molecular formula is C12H15F4NO. The molecule has 0 amide bonds. The Labute approximate surface area is 103 Å². The van der Waals surface area contributed by atoms with Crippen molar-refractivity contribution < 1.29 is 22.3 Å². The molecule has 1 atom stereocenters. The van der Waals surface area contributed by atoms with Crippen LogP contribution in [0.15, 0.2) is 18.2 Å². The third kappa shape index (κ3) is 2.58. The molecule has 18 heavy (non-hydrogen) atoms. The van der Waals surface area contributed by atoms with Gasteiger partial charge in [0.15, 0.2) is 11.6 Å². The van der Waals surface area contributed by atoms with Crippen molar-refractivity contribution in [3.63, 3.8) is 0 Å². The van der Waals surface area contributed by atoms with Crippen LogP contribution in [0.4, 0.5) is 17.6 Å². The van der Waals surface area contributed by atoms with Crippen LogP contribution in [0.3, 0.4) is 0 Å². The fourth-order valence-corrected chi connectivity index (χ4v) is 1.70. The number of hydrogen-bond acceptors (Lipinski definition) is 2. The summed E-state index contributed by atoms with van der Waals surface area (Å²) >= 11 is 0. The van der Waals surface area contributed by atoms with Crippen molar-refractivity contribution >= 4 is 0 Å². The summed E-state index contributed by atoms with van der Waals surface area (Å²) in [6.45, 7) is 2.66. The monoisotopic (exact) mass is 265 g/mol. The summed E-state index contributed by atoms with van der Waals surface area (Å²) in [4.78, 5) is 0. The third-order valence-electron chi connectivity index (χ3n) is 2.83. The number of hydrogen-bond donors (Lipinski definition) is 1. The molecular weight excluding hydrogens is 250 g/mol. The van der Waals surface area contributed by atoms with Crippen molar-refractivity contribution in [2.24, 2.45) is 0 Å². The molecule has 0 aliphatic carbocycles. The lowest BCUT2D eigenvalue weighted by molar-refractivity contribution is -0.195. The van der Waals surface area contributed by atoms with Crippen LogP contribution in [0.1, 0.15) is 19.4 Å². The molecule has 0 aliphatic rings. The van der Waals surface area contributed by atoms with E-state index in [4.69, 9.17) is 0 Å². The minimum Gasteiger partial charge on any atom is -0.494 e. The molecule has 0 aromatic heterocycles. The van der Waals surface area contributed by atoms with Crippen molar-refractivity contribution in [3.8, 4) is 5.75 Å². The molecule has 0 fully saturated rings. The van der Waals surface area contributed by atoms with Gasteiger partial charge in [-0.3, -0.25) is 0 Å². The Bertz CT molecular complexity index is 419. The Balaban J connectivity index is 3.27. The first-order valence-electron chi connectivity index (χ1n) is 5.42. The summed E-state index contributed by atoms with van der Waals surface area (Å²) in [6.07, 6.45) is -4.52. The lowest BCUT2D eigenvalue weighted by atomic mass is 9.91. The molecule has 1 aromatic rings. The molecule has 1 rings (SSSR count). The minimum atomic E-state index is -4.52. The molecule has 0 heterocycles. The summed E-state index contributed by atoms with van der Waals surface area (Å²) in [6, 6.07) is 3.24. The maximum absolute atomic E-state index is 13.5. The highest BCUT2D eigenvalue weighted by Crippen LogP contribution is 2.39. The molecule has 1 unspecified atom stereocenters. The van der Waals surface area contributed by atoms with E-state index in [9.17, 15) is 17.6 Å². The Kier molecular flexibility index (Phi) is 4.21. The number of rotatable bonds is 4. The summed E-state index contributed by atoms with van der Waals surface area (Å²) in [5.41, 5.74) is -2.47. The predicted molar refractivity (Wildman–Crippen MR) is 60.0 cm³/mol. The molecule has 0 spiro atoms. The predicted octanol–water partition coefficient (Wildman–Crippen LogP) is 3.22. The Morgan fingerprint density at radius 2 is 1.89 bits per heavy atom. The van der Waals surface area contributed by atoms with Gasteiger partial charge in [0.25, 0.3) is 0 Å². The third-order valence-corrected chi connectivity index (χ3v) is 2.83. The van der Waals surface area contributed by atoms with Gasteiger partial charge in [0, 0.05) is 0 Å². The van der Waals surface area contributed by atoms with Crippen LogP contribution < -0.4 is 10.1 Å². The summed E-state index contributed by atoms with van der Waals surface area (Å²) < 4.78 is 57.4. The van der Waals surface area contributed by atoms with Gasteiger partial charge in [0.2, 0.25) is 0 Å². The van der Waals surface area contributed by atoms with Gasteiger partial charge in [-0.2, -0.15) is 13.2 Å². The first-order valence-corrected chi connectivity index (χ1v) is 5.42. The first-order chi connectivity index (χ1) is 8.26. The fraction of sp³-hybridized carbons (Fsp3) is 0.500. The maximum atomic E-state index is 13.5. The van der Waals surface area contributed by atoms with Crippen molar-refractivity contribution in [1.82, 2.24) is 5.32 Å². The van der Waals surface area contributed by atoms with Crippen molar-refractivity contribution in [2.45, 2.75) is 25.6 Å². The molecule has 1 N–H and O–H groups in total. The van der Waals surface area contributed by atoms with E-state index < -0.39 is 17.5 Å². The number of nitrogens with one attached hydrogen (secondary N) is 1. The van der Waals surface area contributed by atoms with E-state index in [1.165, 1.54) is 19.2 Å². The number of alkyl halides is 3. The van der Waals surface area contributed by atoms with Gasteiger partial charge in [-0.25, -0.2) is 4.39 Å². The quantitative estimate of drug-likeness (QED) is 0.844. The standard InChI is InChI=1S/C12H15F4NO/c1-4-17-11(2,12(14,15)16)8-5-6-10(18-3)9(13)7-8/h5-7,17H,4H2,1-3H3. The number of methoxy groups -OCH3 is 1. The first kappa shape index (κ1) is 14.8. The average molecular weight is 265 g/mol. The zero-order valence-electron chi connectivity index (χ0n) is 10.4. The summed E-state index contributed by atoms with van der Waals surface area (Å²) in [5.74, 6) is -0.900. The smallest absolute Gasteiger partial charge is 0.410 e. The van der Waals surface area contributed by atoms with Gasteiger partial charge in [-0.15, -0.1) is 0 Å². The molecule has 0 saturated heterocycles. The fourth-order valence-electron chi connectivity index (χ4n) is 1.70. The highest BCUT2D eigenvalue weighted by molar-refractivity contribution is 5.34. The van der Waals surface area contributed by atoms with Crippen LogP contribution in [0.5, 0.6) is 5.75 Å². The van der Waals surface area contributed by atoms with Gasteiger partial charge in [0.05, 0.1) is 7.11 Å². The van der Waals surface area contributed by atoms with Gasteiger partial charge in [0.1, 0.15) is 5.54 Å². The molecule has 0 radical (unpaired) electrons. The normalized spacial score (nSPS) is 15.3. The molecule has 6 heteroatoms. The molecule has 1 aromatic carbocycles. The van der Waals surface area contributed by atoms with Crippen LogP contribution in [0, 0.1) is 5.82 Å². The van der Waals surface area contributed by atoms with E-state index in [1.807, 2.05) is 0 Å². The zero-order chi connectivity index (χ0) is 14.0. The Hall–Kier alpha value is -1.30. The second-order valence-electron chi connectivity index (χ2n) is 4.00. The minimum absolute atomic E-state index is 0.0835. The van der Waals surface area contributed by atoms with Crippen molar-refractivity contribution in [1.29, 1.82) is 0 Å². The lowest BCUT2D eigenvalue weighted by Crippen LogP contribution is -2.51. The Morgan fingerprint density at radius 1 is 1.28 bits per heavy atom. The van der Waals surface area contributed by atoms with E-state index in [1.54, 1.807) is 6.92 Å². The van der Waals surface area contributed by atoms with Crippen LogP contribution >= 0.6 is 0 Å². The summed E-state index contributed by atoms with van der Waals surface area (Å²) in [7, 11) is 1.26. The van der Waals surface area contributed by atoms with Crippen LogP contribution in [-0.4, -0.2) is 19.8 Å². The van der Waals surface area contributed by atoms with Gasteiger partial charge < -0.3 is 10.1 Å². The number of benzene rings is 1. The van der Waals surface area contributed by atoms with E-state index in [-0.39, 0.29) is 17.9 Å². The second kappa shape index (κ2) is 5.14. The maximum Gasteiger partial charge on any atom is 0.410 e. The van der Waals surface area contributed by atoms with Gasteiger partial charge in [-0.05, 0) is 31.2 Å². The molecule has 2 nitrogen and oxygen atoms in total. The van der Waals surface area contributed by atoms with E-state index in [0.29, 0.717) is 0 Å². The average Bonchev–Trinajstić information content (AvgIpc) is 2.27. The zero-order valence-corrected chi connectivity index (χ0v) is 10.4. The molecule has 0 aliphatic heterocycles. The number of halogens is 4. The largest absolute Gasteiger partial charge is 0.494 e. The van der Waals surface area contributed by atoms with Crippen LogP contribution in [0.25, 0.3) is 0 Å². The molecule has 0 saturated carbocycles. The highest BCUT2D eigenvalue weighted by atomic mass is 19.4. The molecule has 0 bridgehead atoms. The number of ether oxygens (including phenoxy) is 1. The highest BCUT2D eigenvalue weighted by Gasteiger charge is 2.52.